The van der Waals surface area contributed by atoms with Crippen LogP contribution in [0.4, 0.5) is 0 Å². The summed E-state index contributed by atoms with van der Waals surface area (Å²) < 4.78 is 2.45. The Kier molecular flexibility index (Phi) is 3.32. The standard InChI is InChI=1S/C25H21NO/c1-17-21-10-6-7-11-23(21)26-24(17)22(18-8-4-3-5-9-18)16-25(26,2)19-12-14-20(27)15-13-19/h3-16,27H,1-2H3. The molecule has 1 aliphatic rings. The maximum absolute atomic E-state index is 9.76. The molecule has 0 spiro atoms. The van der Waals surface area contributed by atoms with E-state index >= 15 is 0 Å². The minimum atomic E-state index is -0.317. The number of phenolic OH excluding ortho intramolecular Hbond substituents is 1. The number of hydrogen-bond acceptors (Lipinski definition) is 1. The molecule has 27 heavy (non-hydrogen) atoms. The number of aromatic nitrogens is 1. The summed E-state index contributed by atoms with van der Waals surface area (Å²) in [4.78, 5) is 0. The van der Waals surface area contributed by atoms with E-state index < -0.39 is 0 Å². The Bertz CT molecular complexity index is 1180. The number of para-hydroxylation sites is 1. The van der Waals surface area contributed by atoms with Crippen LogP contribution in [0.3, 0.4) is 0 Å². The molecular formula is C25H21NO. The van der Waals surface area contributed by atoms with Crippen LogP contribution >= 0.6 is 0 Å². The molecule has 0 fully saturated rings. The topological polar surface area (TPSA) is 25.2 Å². The Labute approximate surface area is 159 Å². The van der Waals surface area contributed by atoms with Crippen LogP contribution in [-0.2, 0) is 5.54 Å². The zero-order valence-electron chi connectivity index (χ0n) is 15.5. The highest BCUT2D eigenvalue weighted by atomic mass is 16.3. The minimum absolute atomic E-state index is 0.293. The third-order valence-corrected chi connectivity index (χ3v) is 5.81. The molecule has 0 bridgehead atoms. The minimum Gasteiger partial charge on any atom is -0.508 e. The summed E-state index contributed by atoms with van der Waals surface area (Å²) in [5.41, 5.74) is 7.16. The summed E-state index contributed by atoms with van der Waals surface area (Å²) in [7, 11) is 0. The number of fused-ring (bicyclic) bond motifs is 3. The van der Waals surface area contributed by atoms with E-state index in [1.807, 2.05) is 12.1 Å². The number of aromatic hydroxyl groups is 1. The average molecular weight is 351 g/mol. The first-order valence-electron chi connectivity index (χ1n) is 9.28. The van der Waals surface area contributed by atoms with E-state index in [9.17, 15) is 5.11 Å². The van der Waals surface area contributed by atoms with Crippen molar-refractivity contribution in [3.05, 3.63) is 107 Å². The predicted octanol–water partition coefficient (Wildman–Crippen LogP) is 5.86. The number of phenols is 1. The molecule has 1 N–H and O–H groups in total. The van der Waals surface area contributed by atoms with Gasteiger partial charge in [-0.1, -0.05) is 60.7 Å². The molecule has 0 amide bonds. The van der Waals surface area contributed by atoms with Crippen LogP contribution in [0.25, 0.3) is 16.5 Å². The molecule has 1 unspecified atom stereocenters. The molecule has 0 saturated carbocycles. The van der Waals surface area contributed by atoms with Crippen molar-refractivity contribution in [2.45, 2.75) is 19.4 Å². The van der Waals surface area contributed by atoms with E-state index in [2.05, 4.69) is 79.1 Å². The number of rotatable bonds is 2. The lowest BCUT2D eigenvalue weighted by Crippen LogP contribution is -2.26. The van der Waals surface area contributed by atoms with Gasteiger partial charge in [-0.05, 0) is 54.8 Å². The lowest BCUT2D eigenvalue weighted by molar-refractivity contribution is 0.473. The monoisotopic (exact) mass is 351 g/mol. The average Bonchev–Trinajstić information content (AvgIpc) is 3.18. The lowest BCUT2D eigenvalue weighted by Gasteiger charge is -2.27. The second-order valence-electron chi connectivity index (χ2n) is 7.44. The number of nitrogens with zero attached hydrogens (tertiary/aromatic N) is 1. The van der Waals surface area contributed by atoms with E-state index in [0.717, 1.165) is 5.56 Å². The van der Waals surface area contributed by atoms with E-state index in [4.69, 9.17) is 0 Å². The quantitative estimate of drug-likeness (QED) is 0.480. The van der Waals surface area contributed by atoms with Crippen molar-refractivity contribution >= 4 is 16.5 Å². The normalized spacial score (nSPS) is 18.5. The van der Waals surface area contributed by atoms with Gasteiger partial charge in [-0.25, -0.2) is 0 Å². The highest BCUT2D eigenvalue weighted by molar-refractivity contribution is 5.96. The first-order valence-corrected chi connectivity index (χ1v) is 9.28. The van der Waals surface area contributed by atoms with Crippen molar-refractivity contribution in [1.82, 2.24) is 4.57 Å². The fraction of sp³-hybridized carbons (Fsp3) is 0.120. The van der Waals surface area contributed by atoms with Crippen LogP contribution in [0.1, 0.15) is 29.3 Å². The van der Waals surface area contributed by atoms with E-state index in [1.165, 1.54) is 33.3 Å². The van der Waals surface area contributed by atoms with Gasteiger partial charge < -0.3 is 9.67 Å². The Balaban J connectivity index is 1.87. The summed E-state index contributed by atoms with van der Waals surface area (Å²) in [6, 6.07) is 26.8. The number of allylic oxidation sites excluding steroid dienone is 1. The molecule has 0 radical (unpaired) electrons. The molecule has 5 rings (SSSR count). The summed E-state index contributed by atoms with van der Waals surface area (Å²) in [5, 5.41) is 11.1. The zero-order chi connectivity index (χ0) is 18.6. The van der Waals surface area contributed by atoms with Gasteiger partial charge in [-0.2, -0.15) is 0 Å². The third-order valence-electron chi connectivity index (χ3n) is 5.81. The second kappa shape index (κ2) is 5.62. The van der Waals surface area contributed by atoms with Gasteiger partial charge in [0.15, 0.2) is 0 Å². The molecule has 1 aliphatic heterocycles. The summed E-state index contributed by atoms with van der Waals surface area (Å²) in [6.07, 6.45) is 2.36. The fourth-order valence-corrected chi connectivity index (χ4v) is 4.47. The van der Waals surface area contributed by atoms with E-state index in [-0.39, 0.29) is 5.54 Å². The molecule has 2 heteroatoms. The first-order chi connectivity index (χ1) is 13.1. The van der Waals surface area contributed by atoms with Gasteiger partial charge in [0.1, 0.15) is 5.75 Å². The van der Waals surface area contributed by atoms with Crippen LogP contribution in [-0.4, -0.2) is 9.67 Å². The van der Waals surface area contributed by atoms with E-state index in [0.29, 0.717) is 5.75 Å². The Morgan fingerprint density at radius 2 is 1.48 bits per heavy atom. The maximum Gasteiger partial charge on any atom is 0.115 e. The van der Waals surface area contributed by atoms with Gasteiger partial charge in [-0.15, -0.1) is 0 Å². The largest absolute Gasteiger partial charge is 0.508 e. The zero-order valence-corrected chi connectivity index (χ0v) is 15.5. The first kappa shape index (κ1) is 16.0. The molecule has 132 valence electrons. The molecule has 1 atom stereocenters. The number of aryl methyl sites for hydroxylation is 1. The summed E-state index contributed by atoms with van der Waals surface area (Å²) in [6.45, 7) is 4.47. The van der Waals surface area contributed by atoms with Crippen molar-refractivity contribution < 1.29 is 5.11 Å². The molecule has 2 heterocycles. The third kappa shape index (κ3) is 2.20. The lowest BCUT2D eigenvalue weighted by atomic mass is 9.90. The van der Waals surface area contributed by atoms with Crippen LogP contribution < -0.4 is 0 Å². The molecule has 4 aromatic rings. The van der Waals surface area contributed by atoms with Crippen molar-refractivity contribution in [3.8, 4) is 5.75 Å². The van der Waals surface area contributed by atoms with Crippen molar-refractivity contribution in [3.63, 3.8) is 0 Å². The fourth-order valence-electron chi connectivity index (χ4n) is 4.47. The van der Waals surface area contributed by atoms with Gasteiger partial charge >= 0.3 is 0 Å². The van der Waals surface area contributed by atoms with E-state index in [1.54, 1.807) is 12.1 Å². The van der Waals surface area contributed by atoms with Crippen molar-refractivity contribution in [1.29, 1.82) is 0 Å². The van der Waals surface area contributed by atoms with Crippen LogP contribution in [0.5, 0.6) is 5.75 Å². The molecule has 3 aromatic carbocycles. The smallest absolute Gasteiger partial charge is 0.115 e. The van der Waals surface area contributed by atoms with Crippen molar-refractivity contribution in [2.24, 2.45) is 0 Å². The SMILES string of the molecule is Cc1c2n(c3ccccc13)C(C)(c1ccc(O)cc1)C=C2c1ccccc1. The van der Waals surface area contributed by atoms with Crippen LogP contribution in [0.2, 0.25) is 0 Å². The highest BCUT2D eigenvalue weighted by Crippen LogP contribution is 2.47. The van der Waals surface area contributed by atoms with Gasteiger partial charge in [0.2, 0.25) is 0 Å². The summed E-state index contributed by atoms with van der Waals surface area (Å²) >= 11 is 0. The Morgan fingerprint density at radius 1 is 0.815 bits per heavy atom. The molecule has 1 aromatic heterocycles. The Hall–Kier alpha value is -3.26. The van der Waals surface area contributed by atoms with Gasteiger partial charge in [0, 0.05) is 16.5 Å². The predicted molar refractivity (Wildman–Crippen MR) is 111 cm³/mol. The van der Waals surface area contributed by atoms with Gasteiger partial charge in [0.25, 0.3) is 0 Å². The highest BCUT2D eigenvalue weighted by Gasteiger charge is 2.38. The number of benzene rings is 3. The van der Waals surface area contributed by atoms with Crippen molar-refractivity contribution in [2.75, 3.05) is 0 Å². The maximum atomic E-state index is 9.76. The van der Waals surface area contributed by atoms with Crippen LogP contribution in [0.15, 0.2) is 84.9 Å². The molecule has 0 saturated heterocycles. The van der Waals surface area contributed by atoms with Gasteiger partial charge in [-0.3, -0.25) is 0 Å². The summed E-state index contributed by atoms with van der Waals surface area (Å²) in [5.74, 6) is 0.293. The molecule has 0 aliphatic carbocycles. The Morgan fingerprint density at radius 3 is 2.22 bits per heavy atom. The van der Waals surface area contributed by atoms with Gasteiger partial charge in [0.05, 0.1) is 11.2 Å². The molecule has 2 nitrogen and oxygen atoms in total. The molecular weight excluding hydrogens is 330 g/mol. The number of hydrogen-bond donors (Lipinski definition) is 1. The van der Waals surface area contributed by atoms with Crippen LogP contribution in [0, 0.1) is 6.92 Å². The second-order valence-corrected chi connectivity index (χ2v) is 7.44.